The number of halogens is 4. The Kier molecular flexibility index (Phi) is 5.32. The summed E-state index contributed by atoms with van der Waals surface area (Å²) in [5.74, 6) is 0.165. The molecule has 0 fully saturated rings. The molecule has 1 aromatic carbocycles. The number of rotatable bonds is 5. The van der Waals surface area contributed by atoms with Crippen molar-refractivity contribution in [2.75, 3.05) is 5.33 Å². The molecule has 0 saturated carbocycles. The molecule has 0 unspecified atom stereocenters. The Hall–Kier alpha value is -0.350. The van der Waals surface area contributed by atoms with E-state index in [-0.39, 0.29) is 5.75 Å². The van der Waals surface area contributed by atoms with Crippen molar-refractivity contribution in [1.29, 1.82) is 0 Å². The van der Waals surface area contributed by atoms with Crippen molar-refractivity contribution in [3.8, 4) is 5.75 Å². The summed E-state index contributed by atoms with van der Waals surface area (Å²) in [5.41, 5.74) is 0.638. The van der Waals surface area contributed by atoms with Gasteiger partial charge in [0.05, 0.1) is 0 Å². The van der Waals surface area contributed by atoms with Gasteiger partial charge in [-0.05, 0) is 25.0 Å². The van der Waals surface area contributed by atoms with Gasteiger partial charge < -0.3 is 4.74 Å². The van der Waals surface area contributed by atoms with Crippen LogP contribution in [0.15, 0.2) is 18.2 Å². The molecule has 0 spiro atoms. The second-order valence-corrected chi connectivity index (χ2v) is 4.09. The van der Waals surface area contributed by atoms with E-state index in [9.17, 15) is 8.78 Å². The van der Waals surface area contributed by atoms with Crippen LogP contribution in [-0.2, 0) is 6.42 Å². The predicted molar refractivity (Wildman–Crippen MR) is 60.2 cm³/mol. The molecule has 0 N–H and O–H groups in total. The lowest BCUT2D eigenvalue weighted by Crippen LogP contribution is -2.05. The number of hydrogen-bond acceptors (Lipinski definition) is 1. The fraction of sp³-hybridized carbons (Fsp3) is 0.400. The second kappa shape index (κ2) is 6.28. The molecule has 0 aromatic heterocycles. The summed E-state index contributed by atoms with van der Waals surface area (Å²) in [7, 11) is 0. The van der Waals surface area contributed by atoms with Gasteiger partial charge in [0, 0.05) is 15.9 Å². The van der Waals surface area contributed by atoms with Crippen LogP contribution < -0.4 is 4.74 Å². The number of ether oxygens (including phenoxy) is 1. The van der Waals surface area contributed by atoms with Gasteiger partial charge in [-0.3, -0.25) is 0 Å². The highest BCUT2D eigenvalue weighted by Crippen LogP contribution is 2.29. The van der Waals surface area contributed by atoms with E-state index in [4.69, 9.17) is 11.6 Å². The molecule has 5 heteroatoms. The molecule has 0 amide bonds. The van der Waals surface area contributed by atoms with Gasteiger partial charge in [-0.2, -0.15) is 8.78 Å². The number of alkyl halides is 3. The first kappa shape index (κ1) is 12.7. The van der Waals surface area contributed by atoms with E-state index in [1.165, 1.54) is 6.07 Å². The summed E-state index contributed by atoms with van der Waals surface area (Å²) in [4.78, 5) is 0. The van der Waals surface area contributed by atoms with Crippen molar-refractivity contribution in [1.82, 2.24) is 0 Å². The monoisotopic (exact) mass is 298 g/mol. The van der Waals surface area contributed by atoms with E-state index < -0.39 is 6.61 Å². The minimum atomic E-state index is -2.81. The molecule has 1 rings (SSSR count). The zero-order valence-corrected chi connectivity index (χ0v) is 10.2. The molecular weight excluding hydrogens is 289 g/mol. The Labute approximate surface area is 101 Å². The zero-order valence-electron chi connectivity index (χ0n) is 7.85. The van der Waals surface area contributed by atoms with Gasteiger partial charge in [0.15, 0.2) is 0 Å². The van der Waals surface area contributed by atoms with Gasteiger partial charge >= 0.3 is 6.61 Å². The first-order valence-electron chi connectivity index (χ1n) is 4.43. The minimum Gasteiger partial charge on any atom is -0.434 e. The van der Waals surface area contributed by atoms with Crippen LogP contribution in [0.5, 0.6) is 5.75 Å². The predicted octanol–water partition coefficient (Wildman–Crippen LogP) is 4.27. The molecule has 0 bridgehead atoms. The van der Waals surface area contributed by atoms with E-state index in [2.05, 4.69) is 20.7 Å². The normalized spacial score (nSPS) is 10.7. The summed E-state index contributed by atoms with van der Waals surface area (Å²) < 4.78 is 28.5. The van der Waals surface area contributed by atoms with Crippen molar-refractivity contribution in [3.63, 3.8) is 0 Å². The molecule has 0 atom stereocenters. The molecule has 84 valence electrons. The molecule has 0 aliphatic heterocycles. The lowest BCUT2D eigenvalue weighted by Gasteiger charge is -2.11. The van der Waals surface area contributed by atoms with Crippen LogP contribution in [0.25, 0.3) is 0 Å². The Bertz CT molecular complexity index is 320. The number of benzene rings is 1. The van der Waals surface area contributed by atoms with E-state index >= 15 is 0 Å². The Morgan fingerprint density at radius 3 is 2.73 bits per heavy atom. The Morgan fingerprint density at radius 1 is 1.40 bits per heavy atom. The number of hydrogen-bond donors (Lipinski definition) is 0. The second-order valence-electron chi connectivity index (χ2n) is 2.89. The molecule has 1 nitrogen and oxygen atoms in total. The molecule has 0 aliphatic carbocycles. The van der Waals surface area contributed by atoms with Crippen molar-refractivity contribution in [2.24, 2.45) is 0 Å². The molecule has 0 heterocycles. The van der Waals surface area contributed by atoms with E-state index in [0.29, 0.717) is 17.0 Å². The summed E-state index contributed by atoms with van der Waals surface area (Å²) in [6.07, 6.45) is 1.44. The van der Waals surface area contributed by atoms with Crippen molar-refractivity contribution >= 4 is 27.5 Å². The van der Waals surface area contributed by atoms with Crippen LogP contribution in [0.2, 0.25) is 5.02 Å². The van der Waals surface area contributed by atoms with Crippen LogP contribution in [0, 0.1) is 0 Å². The third-order valence-electron chi connectivity index (χ3n) is 1.85. The van der Waals surface area contributed by atoms with Gasteiger partial charge in [0.1, 0.15) is 5.75 Å². The Morgan fingerprint density at radius 2 is 2.13 bits per heavy atom. The Balaban J connectivity index is 2.87. The topological polar surface area (TPSA) is 9.23 Å². The highest BCUT2D eigenvalue weighted by Gasteiger charge is 2.11. The van der Waals surface area contributed by atoms with Gasteiger partial charge in [-0.1, -0.05) is 33.6 Å². The minimum absolute atomic E-state index is 0.165. The summed E-state index contributed by atoms with van der Waals surface area (Å²) in [6, 6.07) is 4.77. The van der Waals surface area contributed by atoms with Gasteiger partial charge in [0.25, 0.3) is 0 Å². The van der Waals surface area contributed by atoms with Crippen LogP contribution >= 0.6 is 27.5 Å². The quantitative estimate of drug-likeness (QED) is 0.738. The van der Waals surface area contributed by atoms with Crippen molar-refractivity contribution < 1.29 is 13.5 Å². The van der Waals surface area contributed by atoms with E-state index in [1.54, 1.807) is 12.1 Å². The maximum Gasteiger partial charge on any atom is 0.387 e. The van der Waals surface area contributed by atoms with Crippen LogP contribution in [-0.4, -0.2) is 11.9 Å². The lowest BCUT2D eigenvalue weighted by molar-refractivity contribution is -0.0504. The summed E-state index contributed by atoms with van der Waals surface area (Å²) in [5, 5.41) is 1.26. The average Bonchev–Trinajstić information content (AvgIpc) is 2.16. The highest BCUT2D eigenvalue weighted by atomic mass is 79.9. The highest BCUT2D eigenvalue weighted by molar-refractivity contribution is 9.09. The van der Waals surface area contributed by atoms with E-state index in [0.717, 1.165) is 11.8 Å². The standard InChI is InChI=1S/C10H10BrClF2O/c11-6-2-3-7-8(12)4-1-5-9(7)15-10(13)14/h1,4-5,10H,2-3,6H2. The fourth-order valence-electron chi connectivity index (χ4n) is 1.23. The van der Waals surface area contributed by atoms with Gasteiger partial charge in [-0.15, -0.1) is 0 Å². The molecule has 1 aromatic rings. The largest absolute Gasteiger partial charge is 0.434 e. The van der Waals surface area contributed by atoms with Gasteiger partial charge in [0.2, 0.25) is 0 Å². The maximum absolute atomic E-state index is 12.1. The summed E-state index contributed by atoms with van der Waals surface area (Å²) >= 11 is 9.18. The maximum atomic E-state index is 12.1. The molecule has 0 radical (unpaired) electrons. The fourth-order valence-corrected chi connectivity index (χ4v) is 1.77. The first-order chi connectivity index (χ1) is 7.15. The van der Waals surface area contributed by atoms with Gasteiger partial charge in [-0.25, -0.2) is 0 Å². The zero-order chi connectivity index (χ0) is 11.3. The SMILES string of the molecule is FC(F)Oc1cccc(Cl)c1CCCBr. The smallest absolute Gasteiger partial charge is 0.387 e. The van der Waals surface area contributed by atoms with Crippen LogP contribution in [0.1, 0.15) is 12.0 Å². The van der Waals surface area contributed by atoms with Crippen LogP contribution in [0.4, 0.5) is 8.78 Å². The third kappa shape index (κ3) is 3.95. The third-order valence-corrected chi connectivity index (χ3v) is 2.77. The average molecular weight is 300 g/mol. The lowest BCUT2D eigenvalue weighted by atomic mass is 10.1. The summed E-state index contributed by atoms with van der Waals surface area (Å²) in [6.45, 7) is -2.81. The van der Waals surface area contributed by atoms with E-state index in [1.807, 2.05) is 0 Å². The molecule has 0 aliphatic rings. The van der Waals surface area contributed by atoms with Crippen LogP contribution in [0.3, 0.4) is 0 Å². The van der Waals surface area contributed by atoms with Crippen molar-refractivity contribution in [3.05, 3.63) is 28.8 Å². The van der Waals surface area contributed by atoms with Crippen molar-refractivity contribution in [2.45, 2.75) is 19.5 Å². The molecule has 0 saturated heterocycles. The first-order valence-corrected chi connectivity index (χ1v) is 5.93. The molecular formula is C10H10BrClF2O. The molecule has 15 heavy (non-hydrogen) atoms.